The van der Waals surface area contributed by atoms with Gasteiger partial charge in [0.05, 0.1) is 31.4 Å². The molecule has 4 nitrogen and oxygen atoms in total. The molecular formula is C13H24N2O2. The van der Waals surface area contributed by atoms with Gasteiger partial charge in [0.1, 0.15) is 0 Å². The molecule has 1 N–H and O–H groups in total. The summed E-state index contributed by atoms with van der Waals surface area (Å²) in [7, 11) is 0. The molecule has 1 rings (SSSR count). The topological polar surface area (TPSA) is 56.5 Å². The van der Waals surface area contributed by atoms with Crippen molar-refractivity contribution in [3.05, 3.63) is 0 Å². The summed E-state index contributed by atoms with van der Waals surface area (Å²) in [6, 6.07) is 2.66. The fraction of sp³-hybridized carbons (Fsp3) is 0.923. The van der Waals surface area contributed by atoms with E-state index in [0.29, 0.717) is 25.7 Å². The highest BCUT2D eigenvalue weighted by Gasteiger charge is 2.24. The summed E-state index contributed by atoms with van der Waals surface area (Å²) >= 11 is 0. The molecule has 1 aliphatic rings. The lowest BCUT2D eigenvalue weighted by molar-refractivity contribution is -0.0119. The van der Waals surface area contributed by atoms with E-state index in [4.69, 9.17) is 10.00 Å². The van der Waals surface area contributed by atoms with Gasteiger partial charge in [0.15, 0.2) is 0 Å². The molecule has 0 aromatic carbocycles. The highest BCUT2D eigenvalue weighted by Crippen LogP contribution is 2.23. The molecule has 1 aliphatic carbocycles. The van der Waals surface area contributed by atoms with Crippen LogP contribution in [0.15, 0.2) is 0 Å². The maximum absolute atomic E-state index is 9.88. The fourth-order valence-electron chi connectivity index (χ4n) is 2.33. The summed E-state index contributed by atoms with van der Waals surface area (Å²) in [6.07, 6.45) is 4.43. The normalized spacial score (nSPS) is 18.8. The number of aliphatic hydroxyl groups excluding tert-OH is 1. The molecule has 0 saturated heterocycles. The van der Waals surface area contributed by atoms with Crippen LogP contribution < -0.4 is 0 Å². The molecule has 0 amide bonds. The summed E-state index contributed by atoms with van der Waals surface area (Å²) in [4.78, 5) is 2.10. The summed E-state index contributed by atoms with van der Waals surface area (Å²) in [6.45, 7) is 5.22. The Morgan fingerprint density at radius 3 is 2.59 bits per heavy atom. The smallest absolute Gasteiger partial charge is 0.0900 e. The standard InChI is InChI=1S/C13H24N2O2/c1-11(2)17-10-13(16)9-15(8-7-14)12-5-3-4-6-12/h11-13,16H,3-6,8-10H2,1-2H3. The first kappa shape index (κ1) is 14.4. The lowest BCUT2D eigenvalue weighted by atomic mass is 10.2. The second kappa shape index (κ2) is 7.65. The zero-order valence-corrected chi connectivity index (χ0v) is 10.9. The average molecular weight is 240 g/mol. The molecule has 98 valence electrons. The van der Waals surface area contributed by atoms with Gasteiger partial charge in [-0.05, 0) is 26.7 Å². The Morgan fingerprint density at radius 1 is 1.41 bits per heavy atom. The van der Waals surface area contributed by atoms with E-state index >= 15 is 0 Å². The number of nitrogens with zero attached hydrogens (tertiary/aromatic N) is 2. The minimum atomic E-state index is -0.494. The average Bonchev–Trinajstić information content (AvgIpc) is 2.79. The Balaban J connectivity index is 2.34. The maximum atomic E-state index is 9.88. The van der Waals surface area contributed by atoms with Crippen molar-refractivity contribution in [1.29, 1.82) is 5.26 Å². The van der Waals surface area contributed by atoms with E-state index < -0.39 is 6.10 Å². The van der Waals surface area contributed by atoms with Gasteiger partial charge in [-0.2, -0.15) is 5.26 Å². The number of aliphatic hydroxyl groups is 1. The molecule has 0 aromatic heterocycles. The van der Waals surface area contributed by atoms with Crippen molar-refractivity contribution in [2.75, 3.05) is 19.7 Å². The molecule has 0 radical (unpaired) electrons. The van der Waals surface area contributed by atoms with E-state index in [1.165, 1.54) is 12.8 Å². The van der Waals surface area contributed by atoms with E-state index in [1.807, 2.05) is 13.8 Å². The predicted octanol–water partition coefficient (Wildman–Crippen LogP) is 1.54. The zero-order chi connectivity index (χ0) is 12.7. The van der Waals surface area contributed by atoms with Gasteiger partial charge in [-0.3, -0.25) is 4.90 Å². The van der Waals surface area contributed by atoms with Gasteiger partial charge in [0.25, 0.3) is 0 Å². The Bertz CT molecular complexity index is 244. The van der Waals surface area contributed by atoms with Crippen LogP contribution in [0, 0.1) is 11.3 Å². The summed E-state index contributed by atoms with van der Waals surface area (Å²) in [5.74, 6) is 0. The van der Waals surface area contributed by atoms with E-state index in [9.17, 15) is 5.11 Å². The van der Waals surface area contributed by atoms with Gasteiger partial charge >= 0.3 is 0 Å². The molecule has 1 saturated carbocycles. The molecule has 17 heavy (non-hydrogen) atoms. The summed E-state index contributed by atoms with van der Waals surface area (Å²) in [5.41, 5.74) is 0. The molecule has 0 aromatic rings. The number of nitriles is 1. The number of ether oxygens (including phenoxy) is 1. The molecule has 4 heteroatoms. The molecule has 0 aliphatic heterocycles. The van der Waals surface area contributed by atoms with Crippen molar-refractivity contribution in [1.82, 2.24) is 4.90 Å². The zero-order valence-electron chi connectivity index (χ0n) is 10.9. The van der Waals surface area contributed by atoms with Crippen LogP contribution in [0.2, 0.25) is 0 Å². The molecule has 0 spiro atoms. The maximum Gasteiger partial charge on any atom is 0.0900 e. The van der Waals surface area contributed by atoms with Crippen LogP contribution in [-0.2, 0) is 4.74 Å². The molecule has 1 unspecified atom stereocenters. The third-order valence-corrected chi connectivity index (χ3v) is 3.18. The Kier molecular flexibility index (Phi) is 6.49. The first-order valence-electron chi connectivity index (χ1n) is 6.54. The van der Waals surface area contributed by atoms with Crippen LogP contribution in [0.1, 0.15) is 39.5 Å². The second-order valence-electron chi connectivity index (χ2n) is 5.06. The molecule has 1 fully saturated rings. The van der Waals surface area contributed by atoms with Gasteiger partial charge in [-0.25, -0.2) is 0 Å². The lowest BCUT2D eigenvalue weighted by Crippen LogP contribution is -2.41. The third kappa shape index (κ3) is 5.49. The van der Waals surface area contributed by atoms with Crippen LogP contribution in [0.4, 0.5) is 0 Å². The van der Waals surface area contributed by atoms with Gasteiger partial charge in [-0.15, -0.1) is 0 Å². The second-order valence-corrected chi connectivity index (χ2v) is 5.06. The van der Waals surface area contributed by atoms with Crippen LogP contribution in [0.3, 0.4) is 0 Å². The van der Waals surface area contributed by atoms with Crippen molar-refractivity contribution in [3.63, 3.8) is 0 Å². The van der Waals surface area contributed by atoms with Gasteiger partial charge in [0, 0.05) is 12.6 Å². The Labute approximate surface area is 104 Å². The predicted molar refractivity (Wildman–Crippen MR) is 66.5 cm³/mol. The minimum Gasteiger partial charge on any atom is -0.389 e. The van der Waals surface area contributed by atoms with E-state index in [2.05, 4.69) is 11.0 Å². The molecule has 1 atom stereocenters. The van der Waals surface area contributed by atoms with E-state index in [1.54, 1.807) is 0 Å². The SMILES string of the molecule is CC(C)OCC(O)CN(CC#N)C1CCCC1. The first-order valence-corrected chi connectivity index (χ1v) is 6.54. The number of hydrogen-bond acceptors (Lipinski definition) is 4. The van der Waals surface area contributed by atoms with Crippen LogP contribution in [0.5, 0.6) is 0 Å². The highest BCUT2D eigenvalue weighted by molar-refractivity contribution is 4.85. The quantitative estimate of drug-likeness (QED) is 0.686. The van der Waals surface area contributed by atoms with Crippen LogP contribution >= 0.6 is 0 Å². The molecule has 0 heterocycles. The van der Waals surface area contributed by atoms with Crippen LogP contribution in [-0.4, -0.2) is 48.0 Å². The van der Waals surface area contributed by atoms with Crippen molar-refractivity contribution in [2.24, 2.45) is 0 Å². The molecular weight excluding hydrogens is 216 g/mol. The highest BCUT2D eigenvalue weighted by atomic mass is 16.5. The van der Waals surface area contributed by atoms with Gasteiger partial charge in [0.2, 0.25) is 0 Å². The Morgan fingerprint density at radius 2 is 2.06 bits per heavy atom. The molecule has 0 bridgehead atoms. The first-order chi connectivity index (χ1) is 8.13. The van der Waals surface area contributed by atoms with Crippen LogP contribution in [0.25, 0.3) is 0 Å². The Hall–Kier alpha value is -0.630. The van der Waals surface area contributed by atoms with Gasteiger partial charge < -0.3 is 9.84 Å². The van der Waals surface area contributed by atoms with Crippen molar-refractivity contribution in [3.8, 4) is 6.07 Å². The van der Waals surface area contributed by atoms with Crippen molar-refractivity contribution in [2.45, 2.75) is 57.8 Å². The van der Waals surface area contributed by atoms with E-state index in [-0.39, 0.29) is 6.10 Å². The summed E-state index contributed by atoms with van der Waals surface area (Å²) in [5, 5.41) is 18.7. The minimum absolute atomic E-state index is 0.139. The van der Waals surface area contributed by atoms with Gasteiger partial charge in [-0.1, -0.05) is 12.8 Å². The number of rotatable bonds is 7. The fourth-order valence-corrected chi connectivity index (χ4v) is 2.33. The number of hydrogen-bond donors (Lipinski definition) is 1. The third-order valence-electron chi connectivity index (χ3n) is 3.18. The lowest BCUT2D eigenvalue weighted by Gasteiger charge is -2.28. The summed E-state index contributed by atoms with van der Waals surface area (Å²) < 4.78 is 5.39. The van der Waals surface area contributed by atoms with Crippen molar-refractivity contribution < 1.29 is 9.84 Å². The largest absolute Gasteiger partial charge is 0.389 e. The van der Waals surface area contributed by atoms with Crippen molar-refractivity contribution >= 4 is 0 Å². The van der Waals surface area contributed by atoms with E-state index in [0.717, 1.165) is 12.8 Å². The monoisotopic (exact) mass is 240 g/mol.